The smallest absolute Gasteiger partial charge is 0.238 e. The van der Waals surface area contributed by atoms with E-state index >= 15 is 0 Å². The van der Waals surface area contributed by atoms with Gasteiger partial charge in [-0.1, -0.05) is 30.3 Å². The van der Waals surface area contributed by atoms with Gasteiger partial charge in [0.15, 0.2) is 11.6 Å². The Balaban J connectivity index is 1.76. The number of imidazole rings is 1. The van der Waals surface area contributed by atoms with Crippen LogP contribution in [0.1, 0.15) is 0 Å². The Morgan fingerprint density at radius 1 is 0.958 bits per heavy atom. The Morgan fingerprint density at radius 2 is 1.71 bits per heavy atom. The molecule has 0 spiro atoms. The molecule has 0 amide bonds. The van der Waals surface area contributed by atoms with Gasteiger partial charge in [-0.3, -0.25) is 0 Å². The monoisotopic (exact) mass is 339 g/mol. The zero-order valence-electron chi connectivity index (χ0n) is 12.4. The maximum atomic E-state index is 11.4. The van der Waals surface area contributed by atoms with Crippen molar-refractivity contribution in [3.8, 4) is 22.9 Å². The number of aromatic amines is 1. The van der Waals surface area contributed by atoms with E-state index in [0.717, 1.165) is 11.3 Å². The molecule has 0 fully saturated rings. The van der Waals surface area contributed by atoms with Gasteiger partial charge >= 0.3 is 0 Å². The van der Waals surface area contributed by atoms with E-state index in [1.807, 2.05) is 42.5 Å². The summed E-state index contributed by atoms with van der Waals surface area (Å²) in [6.07, 6.45) is 0. The largest absolute Gasteiger partial charge is 0.453 e. The molecule has 0 unspecified atom stereocenters. The average molecular weight is 339 g/mol. The Hall–Kier alpha value is -2.90. The summed E-state index contributed by atoms with van der Waals surface area (Å²) >= 11 is 0. The van der Waals surface area contributed by atoms with E-state index in [-0.39, 0.29) is 4.90 Å². The predicted octanol–water partition coefficient (Wildman–Crippen LogP) is 3.14. The van der Waals surface area contributed by atoms with Crippen LogP contribution in [0, 0.1) is 0 Å². The second-order valence-corrected chi connectivity index (χ2v) is 6.90. The molecule has 2 aromatic carbocycles. The van der Waals surface area contributed by atoms with Crippen molar-refractivity contribution in [3.63, 3.8) is 0 Å². The molecule has 0 radical (unpaired) electrons. The van der Waals surface area contributed by atoms with Crippen LogP contribution < -0.4 is 5.14 Å². The molecule has 0 saturated heterocycles. The van der Waals surface area contributed by atoms with E-state index in [1.165, 1.54) is 12.1 Å². The Morgan fingerprint density at radius 3 is 2.46 bits per heavy atom. The van der Waals surface area contributed by atoms with Crippen molar-refractivity contribution in [1.29, 1.82) is 0 Å². The molecular formula is C17H13N3O3S. The molecule has 0 atom stereocenters. The average Bonchev–Trinajstić information content (AvgIpc) is 3.21. The number of nitrogens with one attached hydrogen (secondary N) is 1. The molecule has 0 bridgehead atoms. The van der Waals surface area contributed by atoms with Crippen LogP contribution in [0.5, 0.6) is 0 Å². The molecule has 4 aromatic rings. The second kappa shape index (κ2) is 5.33. The highest BCUT2D eigenvalue weighted by Gasteiger charge is 2.13. The molecule has 0 saturated carbocycles. The van der Waals surface area contributed by atoms with Crippen molar-refractivity contribution in [3.05, 3.63) is 60.7 Å². The van der Waals surface area contributed by atoms with Crippen LogP contribution in [0.3, 0.4) is 0 Å². The number of rotatable bonds is 3. The first kappa shape index (κ1) is 14.7. The summed E-state index contributed by atoms with van der Waals surface area (Å²) in [7, 11) is -3.75. The molecule has 2 aromatic heterocycles. The molecule has 6 nitrogen and oxygen atoms in total. The fourth-order valence-corrected chi connectivity index (χ4v) is 3.04. The van der Waals surface area contributed by atoms with Crippen LogP contribution in [0.2, 0.25) is 0 Å². The van der Waals surface area contributed by atoms with Gasteiger partial charge in [-0.05, 0) is 30.3 Å². The highest BCUT2D eigenvalue weighted by Crippen LogP contribution is 2.28. The van der Waals surface area contributed by atoms with Gasteiger partial charge in [0.25, 0.3) is 0 Å². The standard InChI is InChI=1S/C17H13N3O3S/c18-24(21,22)12-6-7-13-14(10-12)20-17(19-13)16-9-8-15(23-16)11-4-2-1-3-5-11/h1-10H,(H,19,20)(H2,18,21,22). The fraction of sp³-hybridized carbons (Fsp3) is 0. The number of H-pyrrole nitrogens is 1. The van der Waals surface area contributed by atoms with Gasteiger partial charge in [-0.2, -0.15) is 0 Å². The molecule has 0 aliphatic heterocycles. The van der Waals surface area contributed by atoms with Crippen molar-refractivity contribution >= 4 is 21.1 Å². The molecule has 120 valence electrons. The highest BCUT2D eigenvalue weighted by molar-refractivity contribution is 7.89. The van der Waals surface area contributed by atoms with Gasteiger partial charge in [-0.15, -0.1) is 0 Å². The number of nitrogens with two attached hydrogens (primary N) is 1. The lowest BCUT2D eigenvalue weighted by Gasteiger charge is -1.96. The summed E-state index contributed by atoms with van der Waals surface area (Å²) in [5.41, 5.74) is 2.18. The number of fused-ring (bicyclic) bond motifs is 1. The van der Waals surface area contributed by atoms with Crippen molar-refractivity contribution < 1.29 is 12.8 Å². The topological polar surface area (TPSA) is 102 Å². The third-order valence-electron chi connectivity index (χ3n) is 3.68. The predicted molar refractivity (Wildman–Crippen MR) is 90.6 cm³/mol. The number of aromatic nitrogens is 2. The fourth-order valence-electron chi connectivity index (χ4n) is 2.51. The number of sulfonamides is 1. The lowest BCUT2D eigenvalue weighted by molar-refractivity contribution is 0.593. The number of primary sulfonamides is 1. The van der Waals surface area contributed by atoms with Gasteiger partial charge in [-0.25, -0.2) is 18.5 Å². The third kappa shape index (κ3) is 2.60. The molecule has 0 aliphatic rings. The lowest BCUT2D eigenvalue weighted by Crippen LogP contribution is -2.11. The van der Waals surface area contributed by atoms with Crippen LogP contribution in [-0.4, -0.2) is 18.4 Å². The first-order valence-electron chi connectivity index (χ1n) is 7.19. The number of hydrogen-bond acceptors (Lipinski definition) is 4. The van der Waals surface area contributed by atoms with Gasteiger partial charge in [0.1, 0.15) is 5.76 Å². The molecule has 7 heteroatoms. The molecular weight excluding hydrogens is 326 g/mol. The van der Waals surface area contributed by atoms with Gasteiger partial charge in [0.05, 0.1) is 15.9 Å². The summed E-state index contributed by atoms with van der Waals surface area (Å²) in [5, 5.41) is 5.15. The summed E-state index contributed by atoms with van der Waals surface area (Å²) in [5.74, 6) is 1.83. The number of hydrogen-bond donors (Lipinski definition) is 2. The summed E-state index contributed by atoms with van der Waals surface area (Å²) < 4.78 is 28.7. The van der Waals surface area contributed by atoms with Crippen LogP contribution in [0.25, 0.3) is 33.9 Å². The van der Waals surface area contributed by atoms with E-state index < -0.39 is 10.0 Å². The minimum atomic E-state index is -3.75. The van der Waals surface area contributed by atoms with E-state index in [9.17, 15) is 8.42 Å². The number of furan rings is 1. The quantitative estimate of drug-likeness (QED) is 0.598. The van der Waals surface area contributed by atoms with Gasteiger partial charge < -0.3 is 9.40 Å². The van der Waals surface area contributed by atoms with Gasteiger partial charge in [0, 0.05) is 5.56 Å². The zero-order valence-corrected chi connectivity index (χ0v) is 13.2. The van der Waals surface area contributed by atoms with E-state index in [4.69, 9.17) is 9.56 Å². The molecule has 4 rings (SSSR count). The zero-order chi connectivity index (χ0) is 16.7. The number of benzene rings is 2. The van der Waals surface area contributed by atoms with Crippen LogP contribution in [0.15, 0.2) is 70.0 Å². The van der Waals surface area contributed by atoms with Crippen molar-refractivity contribution in [2.24, 2.45) is 5.14 Å². The molecule has 2 heterocycles. The summed E-state index contributed by atoms with van der Waals surface area (Å²) in [6.45, 7) is 0. The maximum absolute atomic E-state index is 11.4. The normalized spacial score (nSPS) is 11.9. The molecule has 24 heavy (non-hydrogen) atoms. The van der Waals surface area contributed by atoms with E-state index in [1.54, 1.807) is 6.07 Å². The Bertz CT molecular complexity index is 1130. The SMILES string of the molecule is NS(=O)(=O)c1ccc2nc(-c3ccc(-c4ccccc4)o3)[nH]c2c1. The maximum Gasteiger partial charge on any atom is 0.238 e. The Labute approximate surface area is 138 Å². The first-order chi connectivity index (χ1) is 11.5. The van der Waals surface area contributed by atoms with Crippen molar-refractivity contribution in [2.45, 2.75) is 4.90 Å². The highest BCUT2D eigenvalue weighted by atomic mass is 32.2. The number of nitrogens with zero attached hydrogens (tertiary/aromatic N) is 1. The minimum Gasteiger partial charge on any atom is -0.453 e. The minimum absolute atomic E-state index is 0.0367. The van der Waals surface area contributed by atoms with E-state index in [2.05, 4.69) is 9.97 Å². The van der Waals surface area contributed by atoms with Crippen molar-refractivity contribution in [2.75, 3.05) is 0 Å². The Kier molecular flexibility index (Phi) is 3.26. The lowest BCUT2D eigenvalue weighted by atomic mass is 10.2. The summed E-state index contributed by atoms with van der Waals surface area (Å²) in [4.78, 5) is 7.53. The molecule has 3 N–H and O–H groups in total. The van der Waals surface area contributed by atoms with Gasteiger partial charge in [0.2, 0.25) is 10.0 Å². The van der Waals surface area contributed by atoms with Crippen LogP contribution in [-0.2, 0) is 10.0 Å². The first-order valence-corrected chi connectivity index (χ1v) is 8.73. The van der Waals surface area contributed by atoms with Crippen LogP contribution >= 0.6 is 0 Å². The third-order valence-corrected chi connectivity index (χ3v) is 4.59. The summed E-state index contributed by atoms with van der Waals surface area (Å²) in [6, 6.07) is 17.9. The van der Waals surface area contributed by atoms with E-state index in [0.29, 0.717) is 22.6 Å². The van der Waals surface area contributed by atoms with Crippen molar-refractivity contribution in [1.82, 2.24) is 9.97 Å². The second-order valence-electron chi connectivity index (χ2n) is 5.34. The van der Waals surface area contributed by atoms with Crippen LogP contribution in [0.4, 0.5) is 0 Å². The molecule has 0 aliphatic carbocycles.